The summed E-state index contributed by atoms with van der Waals surface area (Å²) in [6.45, 7) is 7.78. The van der Waals surface area contributed by atoms with Gasteiger partial charge in [0.1, 0.15) is 24.7 Å². The number of nitrogens with one attached hydrogen (secondary N) is 1. The monoisotopic (exact) mass is 406 g/mol. The summed E-state index contributed by atoms with van der Waals surface area (Å²) < 4.78 is 5.41. The van der Waals surface area contributed by atoms with Crippen LogP contribution in [0.1, 0.15) is 25.6 Å². The highest BCUT2D eigenvalue weighted by atomic mass is 35.5. The number of aryl methyl sites for hydroxylation is 1. The molecule has 1 aromatic carbocycles. The second-order valence-corrected chi connectivity index (χ2v) is 7.49. The molecule has 152 valence electrons. The molecule has 7 nitrogen and oxygen atoms in total. The van der Waals surface area contributed by atoms with Gasteiger partial charge in [0.25, 0.3) is 0 Å². The van der Waals surface area contributed by atoms with Gasteiger partial charge >= 0.3 is 0 Å². The SMILES string of the molecule is CCc1nc(N(CCC[NH+]2CCOCC2)CCC(=O)[O-])c2ccc(Cl)cc2n1. The van der Waals surface area contributed by atoms with Gasteiger partial charge < -0.3 is 24.4 Å². The first-order valence-electron chi connectivity index (χ1n) is 9.89. The van der Waals surface area contributed by atoms with E-state index in [1.54, 1.807) is 0 Å². The Bertz CT molecular complexity index is 811. The number of aromatic nitrogens is 2. The van der Waals surface area contributed by atoms with E-state index in [9.17, 15) is 9.90 Å². The average molecular weight is 407 g/mol. The van der Waals surface area contributed by atoms with Crippen LogP contribution in [0.2, 0.25) is 5.02 Å². The number of fused-ring (bicyclic) bond motifs is 1. The number of nitrogens with zero attached hydrogens (tertiary/aromatic N) is 3. The van der Waals surface area contributed by atoms with Crippen molar-refractivity contribution in [1.29, 1.82) is 0 Å². The Kier molecular flexibility index (Phi) is 7.42. The molecule has 1 aromatic heterocycles. The van der Waals surface area contributed by atoms with Gasteiger partial charge in [0.2, 0.25) is 0 Å². The van der Waals surface area contributed by atoms with Gasteiger partial charge in [0, 0.05) is 48.7 Å². The molecule has 1 aliphatic rings. The van der Waals surface area contributed by atoms with Crippen LogP contribution >= 0.6 is 11.6 Å². The highest BCUT2D eigenvalue weighted by molar-refractivity contribution is 6.31. The van der Waals surface area contributed by atoms with Crippen molar-refractivity contribution in [1.82, 2.24) is 9.97 Å². The third-order valence-electron chi connectivity index (χ3n) is 5.05. The molecule has 0 aliphatic carbocycles. The van der Waals surface area contributed by atoms with Crippen LogP contribution in [0.15, 0.2) is 18.2 Å². The number of carbonyl (C=O) groups excluding carboxylic acids is 1. The minimum absolute atomic E-state index is 0.0368. The van der Waals surface area contributed by atoms with Gasteiger partial charge in [-0.25, -0.2) is 9.97 Å². The number of anilines is 1. The number of hydrogen-bond donors (Lipinski definition) is 1. The van der Waals surface area contributed by atoms with Crippen molar-refractivity contribution in [3.63, 3.8) is 0 Å². The number of aliphatic carboxylic acids is 1. The van der Waals surface area contributed by atoms with Crippen molar-refractivity contribution in [3.8, 4) is 0 Å². The van der Waals surface area contributed by atoms with Gasteiger partial charge in [0.15, 0.2) is 0 Å². The Hall–Kier alpha value is -1.96. The number of benzene rings is 1. The Labute approximate surface area is 170 Å². The predicted molar refractivity (Wildman–Crippen MR) is 107 cm³/mol. The predicted octanol–water partition coefficient (Wildman–Crippen LogP) is 0.0972. The highest BCUT2D eigenvalue weighted by Gasteiger charge is 2.17. The molecule has 0 bridgehead atoms. The first-order valence-corrected chi connectivity index (χ1v) is 10.3. The number of carboxylic acids is 1. The lowest BCUT2D eigenvalue weighted by molar-refractivity contribution is -0.908. The maximum Gasteiger partial charge on any atom is 0.140 e. The number of carbonyl (C=O) groups is 1. The maximum absolute atomic E-state index is 11.1. The van der Waals surface area contributed by atoms with Crippen LogP contribution in [0.4, 0.5) is 5.82 Å². The summed E-state index contributed by atoms with van der Waals surface area (Å²) in [5, 5.41) is 12.6. The third-order valence-corrected chi connectivity index (χ3v) is 5.28. The van der Waals surface area contributed by atoms with E-state index in [2.05, 4.69) is 4.98 Å². The van der Waals surface area contributed by atoms with Gasteiger partial charge in [-0.1, -0.05) is 18.5 Å². The summed E-state index contributed by atoms with van der Waals surface area (Å²) in [5.41, 5.74) is 0.784. The second kappa shape index (κ2) is 10.0. The quantitative estimate of drug-likeness (QED) is 0.636. The summed E-state index contributed by atoms with van der Waals surface area (Å²) in [5.74, 6) is 0.444. The van der Waals surface area contributed by atoms with Crippen LogP contribution in [0.25, 0.3) is 10.9 Å². The lowest BCUT2D eigenvalue weighted by Crippen LogP contribution is -3.14. The molecular weight excluding hydrogens is 380 g/mol. The molecule has 8 heteroatoms. The van der Waals surface area contributed by atoms with Gasteiger partial charge in [-0.2, -0.15) is 0 Å². The van der Waals surface area contributed by atoms with Crippen molar-refractivity contribution in [2.75, 3.05) is 50.8 Å². The average Bonchev–Trinajstić information content (AvgIpc) is 2.70. The molecule has 0 atom stereocenters. The zero-order valence-corrected chi connectivity index (χ0v) is 17.0. The minimum Gasteiger partial charge on any atom is -0.550 e. The Morgan fingerprint density at radius 1 is 1.29 bits per heavy atom. The minimum atomic E-state index is -1.05. The number of ether oxygens (including phenoxy) is 1. The fraction of sp³-hybridized carbons (Fsp3) is 0.550. The first-order chi connectivity index (χ1) is 13.6. The van der Waals surface area contributed by atoms with Crippen molar-refractivity contribution in [2.45, 2.75) is 26.2 Å². The summed E-state index contributed by atoms with van der Waals surface area (Å²) in [4.78, 5) is 24.0. The summed E-state index contributed by atoms with van der Waals surface area (Å²) in [6.07, 6.45) is 1.61. The molecule has 28 heavy (non-hydrogen) atoms. The van der Waals surface area contributed by atoms with E-state index in [1.807, 2.05) is 30.0 Å². The molecule has 1 N–H and O–H groups in total. The summed E-state index contributed by atoms with van der Waals surface area (Å²) >= 11 is 6.15. The van der Waals surface area contributed by atoms with Crippen LogP contribution < -0.4 is 14.9 Å². The topological polar surface area (TPSA) is 82.8 Å². The van der Waals surface area contributed by atoms with E-state index in [0.29, 0.717) is 18.0 Å². The van der Waals surface area contributed by atoms with E-state index >= 15 is 0 Å². The van der Waals surface area contributed by atoms with Crippen LogP contribution in [0, 0.1) is 0 Å². The molecule has 0 radical (unpaired) electrons. The van der Waals surface area contributed by atoms with Gasteiger partial charge in [-0.3, -0.25) is 0 Å². The highest BCUT2D eigenvalue weighted by Crippen LogP contribution is 2.27. The molecule has 0 spiro atoms. The molecule has 0 amide bonds. The smallest absolute Gasteiger partial charge is 0.140 e. The van der Waals surface area contributed by atoms with Crippen molar-refractivity contribution < 1.29 is 19.5 Å². The molecule has 3 rings (SSSR count). The zero-order valence-electron chi connectivity index (χ0n) is 16.2. The Morgan fingerprint density at radius 2 is 2.07 bits per heavy atom. The van der Waals surface area contributed by atoms with Crippen molar-refractivity contribution in [2.24, 2.45) is 0 Å². The van der Waals surface area contributed by atoms with Crippen LogP contribution in [0.5, 0.6) is 0 Å². The van der Waals surface area contributed by atoms with Crippen LogP contribution in [-0.4, -0.2) is 61.9 Å². The third kappa shape index (κ3) is 5.53. The van der Waals surface area contributed by atoms with Gasteiger partial charge in [0.05, 0.1) is 25.3 Å². The molecule has 2 aromatic rings. The number of quaternary nitrogens is 1. The lowest BCUT2D eigenvalue weighted by Gasteiger charge is -2.28. The number of rotatable bonds is 9. The van der Waals surface area contributed by atoms with Gasteiger partial charge in [-0.05, 0) is 18.2 Å². The van der Waals surface area contributed by atoms with Gasteiger partial charge in [-0.15, -0.1) is 0 Å². The maximum atomic E-state index is 11.1. The largest absolute Gasteiger partial charge is 0.550 e. The number of hydrogen-bond acceptors (Lipinski definition) is 6. The van der Waals surface area contributed by atoms with E-state index in [4.69, 9.17) is 21.3 Å². The Balaban J connectivity index is 1.82. The van der Waals surface area contributed by atoms with Crippen molar-refractivity contribution in [3.05, 3.63) is 29.0 Å². The van der Waals surface area contributed by atoms with Crippen LogP contribution in [0.3, 0.4) is 0 Å². The van der Waals surface area contributed by atoms with Crippen molar-refractivity contribution >= 4 is 34.3 Å². The fourth-order valence-corrected chi connectivity index (χ4v) is 3.68. The normalized spacial score (nSPS) is 15.1. The first kappa shape index (κ1) is 20.8. The summed E-state index contributed by atoms with van der Waals surface area (Å²) in [7, 11) is 0. The fourth-order valence-electron chi connectivity index (χ4n) is 3.51. The molecule has 0 unspecified atom stereocenters. The number of halogens is 1. The number of carboxylic acid groups (broad SMARTS) is 1. The van der Waals surface area contributed by atoms with E-state index < -0.39 is 5.97 Å². The molecule has 0 saturated carbocycles. The summed E-state index contributed by atoms with van der Waals surface area (Å²) in [6, 6.07) is 5.55. The molecular formula is C20H27ClN4O3. The van der Waals surface area contributed by atoms with E-state index in [-0.39, 0.29) is 6.42 Å². The second-order valence-electron chi connectivity index (χ2n) is 7.05. The van der Waals surface area contributed by atoms with Crippen LogP contribution in [-0.2, 0) is 16.0 Å². The standard InChI is InChI=1S/C20H27ClN4O3/c1-2-18-22-17-14-15(21)4-5-16(17)20(23-18)25(9-6-19(26)27)8-3-7-24-10-12-28-13-11-24/h4-5,14H,2-3,6-13H2,1H3,(H,26,27). The number of morpholine rings is 1. The van der Waals surface area contributed by atoms with E-state index in [1.165, 1.54) is 4.90 Å². The molecule has 1 fully saturated rings. The Morgan fingerprint density at radius 3 is 2.79 bits per heavy atom. The zero-order chi connectivity index (χ0) is 19.9. The molecule has 2 heterocycles. The molecule has 1 aliphatic heterocycles. The lowest BCUT2D eigenvalue weighted by atomic mass is 10.2. The molecule has 1 saturated heterocycles. The van der Waals surface area contributed by atoms with E-state index in [0.717, 1.165) is 68.4 Å².